The molecule has 0 radical (unpaired) electrons. The molecule has 0 aliphatic carbocycles. The van der Waals surface area contributed by atoms with Crippen LogP contribution in [0.5, 0.6) is 5.75 Å². The van der Waals surface area contributed by atoms with E-state index in [1.165, 1.54) is 7.11 Å². The third-order valence-corrected chi connectivity index (χ3v) is 2.81. The zero-order valence-corrected chi connectivity index (χ0v) is 10.2. The molecule has 18 heavy (non-hydrogen) atoms. The summed E-state index contributed by atoms with van der Waals surface area (Å²) < 4.78 is 9.70. The van der Waals surface area contributed by atoms with Crippen molar-refractivity contribution >= 4 is 17.6 Å². The average molecular weight is 249 g/mol. The van der Waals surface area contributed by atoms with Crippen molar-refractivity contribution < 1.29 is 19.1 Å². The zero-order valence-electron chi connectivity index (χ0n) is 10.2. The normalized spacial score (nSPS) is 14.7. The Morgan fingerprint density at radius 2 is 2.06 bits per heavy atom. The van der Waals surface area contributed by atoms with E-state index in [0.29, 0.717) is 12.2 Å². The molecule has 0 unspecified atom stereocenters. The van der Waals surface area contributed by atoms with Crippen molar-refractivity contribution in [1.29, 1.82) is 0 Å². The maximum atomic E-state index is 11.5. The van der Waals surface area contributed by atoms with Gasteiger partial charge in [-0.05, 0) is 30.7 Å². The van der Waals surface area contributed by atoms with Crippen LogP contribution in [-0.2, 0) is 14.3 Å². The van der Waals surface area contributed by atoms with Gasteiger partial charge in [0.25, 0.3) is 0 Å². The van der Waals surface area contributed by atoms with Gasteiger partial charge < -0.3 is 14.4 Å². The van der Waals surface area contributed by atoms with Crippen LogP contribution in [0.4, 0.5) is 5.69 Å². The SMILES string of the molecule is COC(=O)COc1ccc(N2CCCC2=O)cc1. The minimum absolute atomic E-state index is 0.113. The van der Waals surface area contributed by atoms with Crippen LogP contribution in [0.2, 0.25) is 0 Å². The lowest BCUT2D eigenvalue weighted by molar-refractivity contribution is -0.142. The number of amides is 1. The molecule has 1 amide bonds. The topological polar surface area (TPSA) is 55.8 Å². The molecule has 5 nitrogen and oxygen atoms in total. The molecule has 0 aromatic heterocycles. The molecule has 1 aliphatic rings. The van der Waals surface area contributed by atoms with Crippen LogP contribution in [0.25, 0.3) is 0 Å². The Balaban J connectivity index is 1.97. The minimum Gasteiger partial charge on any atom is -0.482 e. The monoisotopic (exact) mass is 249 g/mol. The Labute approximate surface area is 105 Å². The fraction of sp³-hybridized carbons (Fsp3) is 0.385. The van der Waals surface area contributed by atoms with E-state index in [-0.39, 0.29) is 12.5 Å². The van der Waals surface area contributed by atoms with Gasteiger partial charge in [-0.3, -0.25) is 4.79 Å². The van der Waals surface area contributed by atoms with E-state index in [1.54, 1.807) is 17.0 Å². The van der Waals surface area contributed by atoms with Gasteiger partial charge in [-0.15, -0.1) is 0 Å². The smallest absolute Gasteiger partial charge is 0.343 e. The molecular weight excluding hydrogens is 234 g/mol. The van der Waals surface area contributed by atoms with E-state index in [4.69, 9.17) is 4.74 Å². The van der Waals surface area contributed by atoms with E-state index >= 15 is 0 Å². The van der Waals surface area contributed by atoms with Gasteiger partial charge in [0.15, 0.2) is 6.61 Å². The summed E-state index contributed by atoms with van der Waals surface area (Å²) >= 11 is 0. The first-order chi connectivity index (χ1) is 8.70. The summed E-state index contributed by atoms with van der Waals surface area (Å²) in [4.78, 5) is 24.2. The summed E-state index contributed by atoms with van der Waals surface area (Å²) in [5.74, 6) is 0.308. The molecule has 0 spiro atoms. The van der Waals surface area contributed by atoms with Crippen molar-refractivity contribution in [2.75, 3.05) is 25.2 Å². The molecule has 0 N–H and O–H groups in total. The number of methoxy groups -OCH3 is 1. The Morgan fingerprint density at radius 3 is 2.61 bits per heavy atom. The summed E-state index contributed by atoms with van der Waals surface area (Å²) in [5, 5.41) is 0. The standard InChI is InChI=1S/C13H15NO4/c1-17-13(16)9-18-11-6-4-10(5-7-11)14-8-2-3-12(14)15/h4-7H,2-3,8-9H2,1H3. The van der Waals surface area contributed by atoms with E-state index in [1.807, 2.05) is 12.1 Å². The Bertz CT molecular complexity index is 441. The third-order valence-electron chi connectivity index (χ3n) is 2.81. The van der Waals surface area contributed by atoms with Crippen LogP contribution in [0.15, 0.2) is 24.3 Å². The second-order valence-electron chi connectivity index (χ2n) is 4.01. The van der Waals surface area contributed by atoms with Gasteiger partial charge in [-0.2, -0.15) is 0 Å². The predicted molar refractivity (Wildman–Crippen MR) is 65.5 cm³/mol. The number of anilines is 1. The number of nitrogens with zero attached hydrogens (tertiary/aromatic N) is 1. The number of hydrogen-bond acceptors (Lipinski definition) is 4. The summed E-state index contributed by atoms with van der Waals surface area (Å²) in [6, 6.07) is 7.11. The highest BCUT2D eigenvalue weighted by atomic mass is 16.6. The lowest BCUT2D eigenvalue weighted by Gasteiger charge is -2.15. The number of esters is 1. The van der Waals surface area contributed by atoms with Crippen molar-refractivity contribution in [3.8, 4) is 5.75 Å². The molecule has 0 atom stereocenters. The quantitative estimate of drug-likeness (QED) is 0.756. The number of carbonyl (C=O) groups excluding carboxylic acids is 2. The fourth-order valence-corrected chi connectivity index (χ4v) is 1.84. The molecule has 0 saturated carbocycles. The highest BCUT2D eigenvalue weighted by Gasteiger charge is 2.21. The van der Waals surface area contributed by atoms with Crippen LogP contribution < -0.4 is 9.64 Å². The number of benzene rings is 1. The molecule has 1 aliphatic heterocycles. The van der Waals surface area contributed by atoms with Gasteiger partial charge in [0, 0.05) is 18.7 Å². The van der Waals surface area contributed by atoms with Gasteiger partial charge in [0.05, 0.1) is 7.11 Å². The van der Waals surface area contributed by atoms with Crippen LogP contribution in [0.1, 0.15) is 12.8 Å². The summed E-state index contributed by atoms with van der Waals surface area (Å²) in [6.45, 7) is 0.652. The first-order valence-corrected chi connectivity index (χ1v) is 5.81. The lowest BCUT2D eigenvalue weighted by Crippen LogP contribution is -2.23. The lowest BCUT2D eigenvalue weighted by atomic mass is 10.3. The highest BCUT2D eigenvalue weighted by molar-refractivity contribution is 5.95. The number of rotatable bonds is 4. The maximum Gasteiger partial charge on any atom is 0.343 e. The zero-order chi connectivity index (χ0) is 13.0. The van der Waals surface area contributed by atoms with Crippen molar-refractivity contribution in [2.45, 2.75) is 12.8 Å². The fourth-order valence-electron chi connectivity index (χ4n) is 1.84. The molecule has 96 valence electrons. The van der Waals surface area contributed by atoms with Gasteiger partial charge in [0.2, 0.25) is 5.91 Å². The molecule has 1 aromatic carbocycles. The van der Waals surface area contributed by atoms with Crippen LogP contribution in [0.3, 0.4) is 0 Å². The number of hydrogen-bond donors (Lipinski definition) is 0. The molecule has 1 saturated heterocycles. The molecule has 1 heterocycles. The van der Waals surface area contributed by atoms with Gasteiger partial charge in [-0.1, -0.05) is 0 Å². The largest absolute Gasteiger partial charge is 0.482 e. The van der Waals surface area contributed by atoms with Crippen molar-refractivity contribution in [3.05, 3.63) is 24.3 Å². The summed E-state index contributed by atoms with van der Waals surface area (Å²) in [7, 11) is 1.31. The molecule has 1 aromatic rings. The molecule has 0 bridgehead atoms. The molecule has 5 heteroatoms. The molecule has 2 rings (SSSR count). The third kappa shape index (κ3) is 2.80. The van der Waals surface area contributed by atoms with E-state index < -0.39 is 5.97 Å². The summed E-state index contributed by atoms with van der Waals surface area (Å²) in [5.41, 5.74) is 0.864. The molecular formula is C13H15NO4. The second-order valence-corrected chi connectivity index (χ2v) is 4.01. The van der Waals surface area contributed by atoms with Crippen LogP contribution >= 0.6 is 0 Å². The van der Waals surface area contributed by atoms with E-state index in [9.17, 15) is 9.59 Å². The first kappa shape index (κ1) is 12.4. The van der Waals surface area contributed by atoms with Crippen molar-refractivity contribution in [2.24, 2.45) is 0 Å². The highest BCUT2D eigenvalue weighted by Crippen LogP contribution is 2.23. The Kier molecular flexibility index (Phi) is 3.82. The first-order valence-electron chi connectivity index (χ1n) is 5.81. The second kappa shape index (κ2) is 5.53. The number of carbonyl (C=O) groups is 2. The van der Waals surface area contributed by atoms with Crippen molar-refractivity contribution in [3.63, 3.8) is 0 Å². The van der Waals surface area contributed by atoms with Gasteiger partial charge in [-0.25, -0.2) is 4.79 Å². The van der Waals surface area contributed by atoms with Gasteiger partial charge in [0.1, 0.15) is 5.75 Å². The molecule has 1 fully saturated rings. The van der Waals surface area contributed by atoms with E-state index in [0.717, 1.165) is 18.7 Å². The average Bonchev–Trinajstić information content (AvgIpc) is 2.83. The van der Waals surface area contributed by atoms with Crippen LogP contribution in [-0.4, -0.2) is 32.1 Å². The summed E-state index contributed by atoms with van der Waals surface area (Å²) in [6.07, 6.45) is 1.51. The Morgan fingerprint density at radius 1 is 1.33 bits per heavy atom. The maximum absolute atomic E-state index is 11.5. The number of ether oxygens (including phenoxy) is 2. The van der Waals surface area contributed by atoms with Crippen LogP contribution in [0, 0.1) is 0 Å². The van der Waals surface area contributed by atoms with Crippen molar-refractivity contribution in [1.82, 2.24) is 0 Å². The predicted octanol–water partition coefficient (Wildman–Crippen LogP) is 1.37. The minimum atomic E-state index is -0.422. The van der Waals surface area contributed by atoms with E-state index in [2.05, 4.69) is 4.74 Å². The Hall–Kier alpha value is -2.04. The van der Waals surface area contributed by atoms with Gasteiger partial charge >= 0.3 is 5.97 Å².